The van der Waals surface area contributed by atoms with E-state index in [1.165, 1.54) is 18.2 Å². The summed E-state index contributed by atoms with van der Waals surface area (Å²) in [6, 6.07) is 6.61. The monoisotopic (exact) mass is 452 g/mol. The average molecular weight is 453 g/mol. The first-order valence-electron chi connectivity index (χ1n) is 7.86. The summed E-state index contributed by atoms with van der Waals surface area (Å²) in [5, 5.41) is 4.84. The summed E-state index contributed by atoms with van der Waals surface area (Å²) in [5.74, 6) is -0.344. The molecule has 1 aliphatic rings. The molecular weight excluding hydrogens is 438 g/mol. The minimum Gasteiger partial charge on any atom is -0.433 e. The van der Waals surface area contributed by atoms with Crippen LogP contribution >= 0.6 is 11.6 Å². The molecule has 28 heavy (non-hydrogen) atoms. The van der Waals surface area contributed by atoms with Crippen molar-refractivity contribution >= 4 is 37.3 Å². The molecule has 12 heteroatoms. The number of benzene rings is 2. The highest BCUT2D eigenvalue weighted by molar-refractivity contribution is 7.93. The molecule has 2 aromatic rings. The predicted molar refractivity (Wildman–Crippen MR) is 98.7 cm³/mol. The molecule has 152 valence electrons. The second kappa shape index (κ2) is 7.14. The Balaban J connectivity index is 2.03. The molecular formula is C16H15ClF2N2O5S2. The van der Waals surface area contributed by atoms with Gasteiger partial charge >= 0.3 is 6.61 Å². The lowest BCUT2D eigenvalue weighted by Gasteiger charge is -2.24. The van der Waals surface area contributed by atoms with Crippen molar-refractivity contribution in [2.24, 2.45) is 5.14 Å². The predicted octanol–water partition coefficient (Wildman–Crippen LogP) is 2.73. The van der Waals surface area contributed by atoms with Crippen LogP contribution in [0.15, 0.2) is 46.2 Å². The molecule has 0 fully saturated rings. The Hall–Kier alpha value is -1.95. The Morgan fingerprint density at radius 1 is 1.14 bits per heavy atom. The van der Waals surface area contributed by atoms with E-state index in [0.717, 1.165) is 22.5 Å². The highest BCUT2D eigenvalue weighted by atomic mass is 35.5. The van der Waals surface area contributed by atoms with Gasteiger partial charge in [-0.25, -0.2) is 22.0 Å². The number of sulfonamides is 2. The van der Waals surface area contributed by atoms with E-state index in [2.05, 4.69) is 4.74 Å². The summed E-state index contributed by atoms with van der Waals surface area (Å²) < 4.78 is 79.3. The number of nitrogens with zero attached hydrogens (tertiary/aromatic N) is 1. The van der Waals surface area contributed by atoms with E-state index in [9.17, 15) is 25.6 Å². The third-order valence-electron chi connectivity index (χ3n) is 4.21. The first-order valence-corrected chi connectivity index (χ1v) is 11.2. The van der Waals surface area contributed by atoms with Gasteiger partial charge in [-0.3, -0.25) is 4.31 Å². The van der Waals surface area contributed by atoms with E-state index < -0.39 is 32.7 Å². The quantitative estimate of drug-likeness (QED) is 0.750. The van der Waals surface area contributed by atoms with Gasteiger partial charge in [0.05, 0.1) is 20.5 Å². The van der Waals surface area contributed by atoms with Crippen LogP contribution in [-0.2, 0) is 26.5 Å². The average Bonchev–Trinajstić information content (AvgIpc) is 2.90. The summed E-state index contributed by atoms with van der Waals surface area (Å²) in [6.07, 6.45) is 0.276. The summed E-state index contributed by atoms with van der Waals surface area (Å²) in [4.78, 5) is -0.330. The first kappa shape index (κ1) is 20.8. The molecule has 1 unspecified atom stereocenters. The largest absolute Gasteiger partial charge is 0.433 e. The van der Waals surface area contributed by atoms with Crippen molar-refractivity contribution in [3.05, 3.63) is 47.0 Å². The number of alkyl halides is 2. The summed E-state index contributed by atoms with van der Waals surface area (Å²) in [5.41, 5.74) is 0.815. The second-order valence-corrected chi connectivity index (χ2v) is 9.94. The number of primary sulfonamides is 1. The SMILES string of the molecule is CC1Cc2cc(S(N)(=O)=O)ccc2N1S(=O)(=O)c1ccc(OC(F)F)c(Cl)c1. The van der Waals surface area contributed by atoms with Gasteiger partial charge in [0.2, 0.25) is 10.0 Å². The van der Waals surface area contributed by atoms with Gasteiger partial charge in [0.25, 0.3) is 10.0 Å². The van der Waals surface area contributed by atoms with E-state index in [-0.39, 0.29) is 27.0 Å². The summed E-state index contributed by atoms with van der Waals surface area (Å²) in [6.45, 7) is -1.44. The standard InChI is InChI=1S/C16H15ClF2N2O5S2/c1-9-6-10-7-11(27(20,22)23)2-4-14(10)21(9)28(24,25)12-3-5-15(13(17)8-12)26-16(18)19/h2-5,7-9,16H,6H2,1H3,(H2,20,22,23). The molecule has 0 amide bonds. The molecule has 0 spiro atoms. The summed E-state index contributed by atoms with van der Waals surface area (Å²) in [7, 11) is -8.02. The number of hydrogen-bond donors (Lipinski definition) is 1. The van der Waals surface area contributed by atoms with Crippen LogP contribution in [0.25, 0.3) is 0 Å². The lowest BCUT2D eigenvalue weighted by molar-refractivity contribution is -0.0498. The molecule has 2 N–H and O–H groups in total. The van der Waals surface area contributed by atoms with Crippen LogP contribution in [0, 0.1) is 0 Å². The van der Waals surface area contributed by atoms with E-state index >= 15 is 0 Å². The van der Waals surface area contributed by atoms with Crippen molar-refractivity contribution in [2.45, 2.75) is 35.8 Å². The molecule has 0 radical (unpaired) electrons. The van der Waals surface area contributed by atoms with Gasteiger partial charge in [-0.2, -0.15) is 8.78 Å². The Kier molecular flexibility index (Phi) is 5.30. The van der Waals surface area contributed by atoms with Crippen molar-refractivity contribution in [3.8, 4) is 5.75 Å². The highest BCUT2D eigenvalue weighted by Crippen LogP contribution is 2.39. The fraction of sp³-hybridized carbons (Fsp3) is 0.250. The zero-order valence-corrected chi connectivity index (χ0v) is 16.7. The molecule has 1 aliphatic heterocycles. The van der Waals surface area contributed by atoms with E-state index in [1.54, 1.807) is 6.92 Å². The summed E-state index contributed by atoms with van der Waals surface area (Å²) >= 11 is 5.87. The van der Waals surface area contributed by atoms with Gasteiger partial charge in [0.1, 0.15) is 5.75 Å². The Morgan fingerprint density at radius 3 is 2.36 bits per heavy atom. The van der Waals surface area contributed by atoms with E-state index in [4.69, 9.17) is 16.7 Å². The topological polar surface area (TPSA) is 107 Å². The minimum absolute atomic E-state index is 0.116. The number of nitrogens with two attached hydrogens (primary N) is 1. The molecule has 0 aromatic heterocycles. The third kappa shape index (κ3) is 3.79. The van der Waals surface area contributed by atoms with Crippen molar-refractivity contribution < 1.29 is 30.4 Å². The van der Waals surface area contributed by atoms with Crippen LogP contribution in [0.1, 0.15) is 12.5 Å². The maximum Gasteiger partial charge on any atom is 0.387 e. The lowest BCUT2D eigenvalue weighted by atomic mass is 10.1. The van der Waals surface area contributed by atoms with Gasteiger partial charge in [-0.15, -0.1) is 0 Å². The van der Waals surface area contributed by atoms with Crippen molar-refractivity contribution in [1.82, 2.24) is 0 Å². The van der Waals surface area contributed by atoms with Gasteiger partial charge in [0.15, 0.2) is 0 Å². The number of rotatable bonds is 5. The molecule has 0 saturated carbocycles. The molecule has 0 aliphatic carbocycles. The molecule has 1 atom stereocenters. The van der Waals surface area contributed by atoms with Crippen LogP contribution in [0.3, 0.4) is 0 Å². The van der Waals surface area contributed by atoms with Crippen LogP contribution in [-0.4, -0.2) is 29.5 Å². The Labute approximate surface area is 165 Å². The number of halogens is 3. The van der Waals surface area contributed by atoms with E-state index in [0.29, 0.717) is 11.3 Å². The zero-order valence-electron chi connectivity index (χ0n) is 14.3. The third-order valence-corrected chi connectivity index (χ3v) is 7.34. The van der Waals surface area contributed by atoms with Gasteiger partial charge in [-0.1, -0.05) is 11.6 Å². The fourth-order valence-electron chi connectivity index (χ4n) is 3.07. The molecule has 7 nitrogen and oxygen atoms in total. The zero-order chi connectivity index (χ0) is 20.9. The van der Waals surface area contributed by atoms with E-state index in [1.807, 2.05) is 0 Å². The minimum atomic E-state index is -4.09. The number of ether oxygens (including phenoxy) is 1. The number of fused-ring (bicyclic) bond motifs is 1. The maximum absolute atomic E-state index is 13.1. The molecule has 0 bridgehead atoms. The number of anilines is 1. The molecule has 0 saturated heterocycles. The molecule has 1 heterocycles. The molecule has 3 rings (SSSR count). The van der Waals surface area contributed by atoms with Crippen LogP contribution in [0.2, 0.25) is 5.02 Å². The van der Waals surface area contributed by atoms with Crippen LogP contribution in [0.5, 0.6) is 5.75 Å². The molecule has 2 aromatic carbocycles. The smallest absolute Gasteiger partial charge is 0.387 e. The van der Waals surface area contributed by atoms with Crippen molar-refractivity contribution in [3.63, 3.8) is 0 Å². The Morgan fingerprint density at radius 2 is 1.79 bits per heavy atom. The Bertz CT molecular complexity index is 1140. The normalized spacial score (nSPS) is 17.1. The van der Waals surface area contributed by atoms with Gasteiger partial charge in [0, 0.05) is 6.04 Å². The van der Waals surface area contributed by atoms with Crippen molar-refractivity contribution in [1.29, 1.82) is 0 Å². The van der Waals surface area contributed by atoms with Gasteiger partial charge in [-0.05, 0) is 55.3 Å². The highest BCUT2D eigenvalue weighted by Gasteiger charge is 2.37. The van der Waals surface area contributed by atoms with Gasteiger partial charge < -0.3 is 4.74 Å². The fourth-order valence-corrected chi connectivity index (χ4v) is 5.64. The van der Waals surface area contributed by atoms with Crippen molar-refractivity contribution in [2.75, 3.05) is 4.31 Å². The van der Waals surface area contributed by atoms with Crippen LogP contribution < -0.4 is 14.2 Å². The lowest BCUT2D eigenvalue weighted by Crippen LogP contribution is -2.35. The van der Waals surface area contributed by atoms with Crippen LogP contribution in [0.4, 0.5) is 14.5 Å². The number of hydrogen-bond acceptors (Lipinski definition) is 5. The maximum atomic E-state index is 13.1. The second-order valence-electron chi connectivity index (χ2n) is 6.16. The first-order chi connectivity index (χ1) is 12.9.